The van der Waals surface area contributed by atoms with Gasteiger partial charge >= 0.3 is 6.09 Å². The van der Waals surface area contributed by atoms with Crippen molar-refractivity contribution in [1.82, 2.24) is 10.2 Å². The lowest BCUT2D eigenvalue weighted by Crippen LogP contribution is -2.41. The van der Waals surface area contributed by atoms with Gasteiger partial charge < -0.3 is 29.5 Å². The van der Waals surface area contributed by atoms with E-state index in [-0.39, 0.29) is 25.4 Å². The molecule has 3 aromatic rings. The number of amides is 1. The minimum atomic E-state index is -0.480. The lowest BCUT2D eigenvalue weighted by molar-refractivity contribution is -0.253. The maximum Gasteiger partial charge on any atom is 0.407 e. The molecule has 41 heavy (non-hydrogen) atoms. The van der Waals surface area contributed by atoms with Crippen LogP contribution >= 0.6 is 0 Å². The van der Waals surface area contributed by atoms with Gasteiger partial charge in [-0.2, -0.15) is 0 Å². The minimum absolute atomic E-state index is 0.0278. The van der Waals surface area contributed by atoms with Crippen molar-refractivity contribution in [2.75, 3.05) is 26.2 Å². The number of alkyl carbamates (subject to hydrolysis) is 1. The van der Waals surface area contributed by atoms with Crippen molar-refractivity contribution in [3.63, 3.8) is 0 Å². The second-order valence-corrected chi connectivity index (χ2v) is 10.7. The van der Waals surface area contributed by atoms with Crippen LogP contribution in [-0.4, -0.2) is 48.4 Å². The number of carbonyl (C=O) groups is 1. The summed E-state index contributed by atoms with van der Waals surface area (Å²) < 4.78 is 18.2. The summed E-state index contributed by atoms with van der Waals surface area (Å²) in [7, 11) is 0. The Kier molecular flexibility index (Phi) is 10.2. The van der Waals surface area contributed by atoms with Crippen LogP contribution in [0.4, 0.5) is 4.79 Å². The average Bonchev–Trinajstić information content (AvgIpc) is 3.03. The third kappa shape index (κ3) is 7.83. The van der Waals surface area contributed by atoms with E-state index in [4.69, 9.17) is 14.2 Å². The smallest absolute Gasteiger partial charge is 0.407 e. The van der Waals surface area contributed by atoms with Gasteiger partial charge in [0.2, 0.25) is 0 Å². The number of hydrogen-bond acceptors (Lipinski definition) is 6. The van der Waals surface area contributed by atoms with E-state index in [0.29, 0.717) is 6.54 Å². The number of rotatable bonds is 10. The quantitative estimate of drug-likeness (QED) is 0.286. The van der Waals surface area contributed by atoms with Crippen molar-refractivity contribution in [2.24, 2.45) is 0 Å². The van der Waals surface area contributed by atoms with Gasteiger partial charge in [0.1, 0.15) is 6.61 Å². The molecule has 5 rings (SSSR count). The van der Waals surface area contributed by atoms with E-state index in [0.717, 1.165) is 59.4 Å². The van der Waals surface area contributed by atoms with E-state index in [9.17, 15) is 9.90 Å². The monoisotopic (exact) mass is 556 g/mol. The molecule has 2 heterocycles. The largest absolute Gasteiger partial charge is 0.445 e. The molecule has 0 unspecified atom stereocenters. The molecule has 0 aliphatic carbocycles. The zero-order valence-electron chi connectivity index (χ0n) is 23.5. The molecule has 0 aromatic heterocycles. The number of carbonyl (C=O) groups excluding carboxylic acids is 1. The molecule has 2 saturated heterocycles. The number of hydrogen-bond donors (Lipinski definition) is 2. The standard InChI is InChI=1S/C34H40N2O5/c1-2-20-39-34(38)35-22-29-8-4-5-9-31(29)26-14-16-28(17-15-26)33-40-30(23-36-18-6-3-7-19-36)21-32(41-33)27-12-10-25(24-37)11-13-27/h2,4-5,8-17,30,32-33,37H,1,3,6-7,18-24H2,(H,35,38)/t30-,32+,33+/m0/s1. The Morgan fingerprint density at radius 1 is 0.976 bits per heavy atom. The highest BCUT2D eigenvalue weighted by Gasteiger charge is 2.33. The molecule has 0 bridgehead atoms. The topological polar surface area (TPSA) is 80.3 Å². The van der Waals surface area contributed by atoms with Gasteiger partial charge in [-0.1, -0.05) is 91.9 Å². The van der Waals surface area contributed by atoms with Crippen molar-refractivity contribution >= 4 is 6.09 Å². The predicted octanol–water partition coefficient (Wildman–Crippen LogP) is 6.29. The van der Waals surface area contributed by atoms with Crippen LogP contribution < -0.4 is 5.32 Å². The zero-order valence-corrected chi connectivity index (χ0v) is 23.5. The fourth-order valence-electron chi connectivity index (χ4n) is 5.59. The molecule has 0 spiro atoms. The van der Waals surface area contributed by atoms with Crippen molar-refractivity contribution < 1.29 is 24.1 Å². The van der Waals surface area contributed by atoms with Gasteiger partial charge in [0.15, 0.2) is 6.29 Å². The summed E-state index contributed by atoms with van der Waals surface area (Å²) in [6, 6.07) is 24.3. The van der Waals surface area contributed by atoms with Crippen LogP contribution in [0, 0.1) is 0 Å². The minimum Gasteiger partial charge on any atom is -0.445 e. The molecule has 7 nitrogen and oxygen atoms in total. The van der Waals surface area contributed by atoms with E-state index in [1.807, 2.05) is 30.3 Å². The van der Waals surface area contributed by atoms with Crippen LogP contribution in [0.1, 0.15) is 60.3 Å². The first-order valence-corrected chi connectivity index (χ1v) is 14.6. The Balaban J connectivity index is 1.32. The second kappa shape index (κ2) is 14.4. The lowest BCUT2D eigenvalue weighted by atomic mass is 9.97. The maximum atomic E-state index is 11.9. The van der Waals surface area contributed by atoms with Gasteiger partial charge in [-0.25, -0.2) is 4.79 Å². The SMILES string of the molecule is C=CCOC(=O)NCc1ccccc1-c1ccc([C@@H]2O[C@H](CN3CCCCC3)C[C@H](c3ccc(CO)cc3)O2)cc1. The summed E-state index contributed by atoms with van der Waals surface area (Å²) in [4.78, 5) is 14.5. The first kappa shape index (κ1) is 29.0. The van der Waals surface area contributed by atoms with Crippen LogP contribution in [-0.2, 0) is 27.4 Å². The lowest BCUT2D eigenvalue weighted by Gasteiger charge is -2.39. The Morgan fingerprint density at radius 3 is 2.44 bits per heavy atom. The number of ether oxygens (including phenoxy) is 3. The molecule has 2 aliphatic heterocycles. The molecular formula is C34H40N2O5. The molecule has 2 N–H and O–H groups in total. The number of piperidine rings is 1. The number of nitrogens with zero attached hydrogens (tertiary/aromatic N) is 1. The number of likely N-dealkylation sites (tertiary alicyclic amines) is 1. The Morgan fingerprint density at radius 2 is 1.71 bits per heavy atom. The fraction of sp³-hybridized carbons (Fsp3) is 0.382. The van der Waals surface area contributed by atoms with Crippen LogP contribution in [0.3, 0.4) is 0 Å². The number of benzene rings is 3. The molecule has 3 aromatic carbocycles. The van der Waals surface area contributed by atoms with E-state index >= 15 is 0 Å². The van der Waals surface area contributed by atoms with E-state index in [2.05, 4.69) is 59.3 Å². The number of nitrogens with one attached hydrogen (secondary N) is 1. The number of aliphatic hydroxyl groups is 1. The summed E-state index contributed by atoms with van der Waals surface area (Å²) in [6.45, 7) is 7.27. The van der Waals surface area contributed by atoms with Gasteiger partial charge in [0, 0.05) is 25.1 Å². The third-order valence-corrected chi connectivity index (χ3v) is 7.79. The van der Waals surface area contributed by atoms with Crippen LogP contribution in [0.5, 0.6) is 0 Å². The van der Waals surface area contributed by atoms with Crippen molar-refractivity contribution in [3.8, 4) is 11.1 Å². The normalized spacial score (nSPS) is 21.2. The van der Waals surface area contributed by atoms with Crippen LogP contribution in [0.15, 0.2) is 85.5 Å². The highest BCUT2D eigenvalue weighted by atomic mass is 16.7. The van der Waals surface area contributed by atoms with Crippen molar-refractivity contribution in [3.05, 3.63) is 108 Å². The van der Waals surface area contributed by atoms with Gasteiger partial charge in [-0.3, -0.25) is 0 Å². The molecule has 7 heteroatoms. The van der Waals surface area contributed by atoms with Crippen molar-refractivity contribution in [1.29, 1.82) is 0 Å². The molecular weight excluding hydrogens is 516 g/mol. The van der Waals surface area contributed by atoms with Crippen LogP contribution in [0.2, 0.25) is 0 Å². The molecule has 3 atom stereocenters. The van der Waals surface area contributed by atoms with E-state index in [1.165, 1.54) is 19.3 Å². The Bertz CT molecular complexity index is 1270. The summed E-state index contributed by atoms with van der Waals surface area (Å²) in [5, 5.41) is 12.3. The van der Waals surface area contributed by atoms with Gasteiger partial charge in [0.25, 0.3) is 0 Å². The molecule has 2 aliphatic rings. The van der Waals surface area contributed by atoms with Crippen LogP contribution in [0.25, 0.3) is 11.1 Å². The van der Waals surface area contributed by atoms with Crippen molar-refractivity contribution in [2.45, 2.75) is 57.3 Å². The summed E-state index contributed by atoms with van der Waals surface area (Å²) >= 11 is 0. The average molecular weight is 557 g/mol. The van der Waals surface area contributed by atoms with Gasteiger partial charge in [-0.15, -0.1) is 0 Å². The third-order valence-electron chi connectivity index (χ3n) is 7.79. The second-order valence-electron chi connectivity index (χ2n) is 10.7. The van der Waals surface area contributed by atoms with E-state index in [1.54, 1.807) is 6.08 Å². The first-order chi connectivity index (χ1) is 20.1. The highest BCUT2D eigenvalue weighted by Crippen LogP contribution is 2.39. The molecule has 1 amide bonds. The summed E-state index contributed by atoms with van der Waals surface area (Å²) in [6.07, 6.45) is 5.14. The summed E-state index contributed by atoms with van der Waals surface area (Å²) in [5.74, 6) is 0. The predicted molar refractivity (Wildman–Crippen MR) is 159 cm³/mol. The fourth-order valence-corrected chi connectivity index (χ4v) is 5.59. The summed E-state index contributed by atoms with van der Waals surface area (Å²) in [5.41, 5.74) is 6.04. The highest BCUT2D eigenvalue weighted by molar-refractivity contribution is 5.70. The Hall–Kier alpha value is -3.49. The number of aliphatic hydroxyl groups excluding tert-OH is 1. The van der Waals surface area contributed by atoms with Gasteiger partial charge in [0.05, 0.1) is 18.8 Å². The van der Waals surface area contributed by atoms with Gasteiger partial charge in [-0.05, 0) is 53.7 Å². The molecule has 2 fully saturated rings. The molecule has 0 radical (unpaired) electrons. The Labute approximate surface area is 242 Å². The zero-order chi connectivity index (χ0) is 28.4. The van der Waals surface area contributed by atoms with E-state index < -0.39 is 12.4 Å². The first-order valence-electron chi connectivity index (χ1n) is 14.6. The molecule has 216 valence electrons. The maximum absolute atomic E-state index is 11.9. The molecule has 0 saturated carbocycles.